The average molecular weight is 162 g/mol. The van der Waals surface area contributed by atoms with E-state index >= 15 is 0 Å². The first kappa shape index (κ1) is 9.73. The molecule has 0 saturated carbocycles. The minimum Gasteiger partial charge on any atom is -0.396 e. The highest BCUT2D eigenvalue weighted by Crippen LogP contribution is 2.02. The summed E-state index contributed by atoms with van der Waals surface area (Å²) in [6.07, 6.45) is -0.288. The zero-order valence-electron chi connectivity index (χ0n) is 5.60. The van der Waals surface area contributed by atoms with Crippen molar-refractivity contribution >= 4 is 18.0 Å². The van der Waals surface area contributed by atoms with Crippen molar-refractivity contribution in [3.8, 4) is 0 Å². The van der Waals surface area contributed by atoms with E-state index in [4.69, 9.17) is 10.2 Å². The number of carbonyl (C=O) groups is 3. The highest BCUT2D eigenvalue weighted by molar-refractivity contribution is 6.20. The summed E-state index contributed by atoms with van der Waals surface area (Å²) >= 11 is 0. The van der Waals surface area contributed by atoms with Crippen LogP contribution in [0.5, 0.6) is 0 Å². The maximum atomic E-state index is 10.2. The van der Waals surface area contributed by atoms with Crippen molar-refractivity contribution in [1.82, 2.24) is 0 Å². The van der Waals surface area contributed by atoms with Gasteiger partial charge in [-0.2, -0.15) is 0 Å². The van der Waals surface area contributed by atoms with E-state index in [1.807, 2.05) is 0 Å². The van der Waals surface area contributed by atoms with Gasteiger partial charge in [-0.15, -0.1) is 0 Å². The van der Waals surface area contributed by atoms with Crippen molar-refractivity contribution in [3.63, 3.8) is 0 Å². The van der Waals surface area contributed by atoms with Gasteiger partial charge in [0.1, 0.15) is 0 Å². The van der Waals surface area contributed by atoms with E-state index in [2.05, 4.69) is 4.74 Å². The lowest BCUT2D eigenvalue weighted by Crippen LogP contribution is -2.41. The number of ketones is 1. The molecule has 0 bridgehead atoms. The van der Waals surface area contributed by atoms with Crippen LogP contribution in [0.15, 0.2) is 0 Å². The lowest BCUT2D eigenvalue weighted by molar-refractivity contribution is -0.293. The van der Waals surface area contributed by atoms with E-state index in [0.29, 0.717) is 0 Å². The van der Waals surface area contributed by atoms with Gasteiger partial charge in [0.05, 0.1) is 0 Å². The molecule has 0 spiro atoms. The Morgan fingerprint density at radius 2 is 1.91 bits per heavy atom. The molecule has 0 aliphatic heterocycles. The minimum atomic E-state index is -3.20. The third-order valence-corrected chi connectivity index (χ3v) is 0.798. The Balaban J connectivity index is 4.23. The molecule has 0 saturated heterocycles. The second kappa shape index (κ2) is 3.22. The summed E-state index contributed by atoms with van der Waals surface area (Å²) in [4.78, 5) is 29.9. The summed E-state index contributed by atoms with van der Waals surface area (Å²) in [5.41, 5.74) is 0. The Kier molecular flexibility index (Phi) is 2.85. The normalized spacial score (nSPS) is 10.5. The van der Waals surface area contributed by atoms with Crippen LogP contribution in [0.1, 0.15) is 6.92 Å². The molecule has 0 amide bonds. The average Bonchev–Trinajstić information content (AvgIpc) is 1.86. The molecule has 6 heteroatoms. The Labute approximate surface area is 61.4 Å². The van der Waals surface area contributed by atoms with Crippen LogP contribution in [0.25, 0.3) is 0 Å². The lowest BCUT2D eigenvalue weighted by atomic mass is 10.4. The fourth-order valence-electron chi connectivity index (χ4n) is 0.236. The SMILES string of the molecule is CC(=O)C(O)(O)OC(=O)C=O. The van der Waals surface area contributed by atoms with Crippen LogP contribution < -0.4 is 0 Å². The molecule has 0 aliphatic carbocycles. The maximum absolute atomic E-state index is 10.2. The molecule has 0 unspecified atom stereocenters. The van der Waals surface area contributed by atoms with E-state index < -0.39 is 17.7 Å². The number of rotatable bonds is 3. The molecular weight excluding hydrogens is 156 g/mol. The number of aldehydes is 1. The third kappa shape index (κ3) is 2.87. The first-order valence-corrected chi connectivity index (χ1v) is 2.54. The van der Waals surface area contributed by atoms with Gasteiger partial charge in [-0.3, -0.25) is 9.59 Å². The van der Waals surface area contributed by atoms with Gasteiger partial charge in [0.25, 0.3) is 0 Å². The number of Topliss-reactive ketones (excluding diaryl/α,β-unsaturated/α-hetero) is 1. The maximum Gasteiger partial charge on any atom is 0.388 e. The van der Waals surface area contributed by atoms with E-state index in [0.717, 1.165) is 6.92 Å². The van der Waals surface area contributed by atoms with Gasteiger partial charge in [-0.1, -0.05) is 0 Å². The van der Waals surface area contributed by atoms with Crippen LogP contribution in [0.4, 0.5) is 0 Å². The Hall–Kier alpha value is -1.27. The van der Waals surface area contributed by atoms with Crippen molar-refractivity contribution in [1.29, 1.82) is 0 Å². The molecule has 0 radical (unpaired) electrons. The third-order valence-electron chi connectivity index (χ3n) is 0.798. The summed E-state index contributed by atoms with van der Waals surface area (Å²) in [6.45, 7) is 0.790. The van der Waals surface area contributed by atoms with Crippen LogP contribution in [0, 0.1) is 0 Å². The Morgan fingerprint density at radius 3 is 2.18 bits per heavy atom. The van der Waals surface area contributed by atoms with E-state index in [-0.39, 0.29) is 6.29 Å². The smallest absolute Gasteiger partial charge is 0.388 e. The fourth-order valence-corrected chi connectivity index (χ4v) is 0.236. The molecule has 11 heavy (non-hydrogen) atoms. The van der Waals surface area contributed by atoms with Gasteiger partial charge in [0.2, 0.25) is 12.1 Å². The molecule has 6 nitrogen and oxygen atoms in total. The molecule has 0 heterocycles. The van der Waals surface area contributed by atoms with Crippen molar-refractivity contribution < 1.29 is 29.3 Å². The van der Waals surface area contributed by atoms with E-state index in [9.17, 15) is 14.4 Å². The van der Waals surface area contributed by atoms with E-state index in [1.165, 1.54) is 0 Å². The van der Waals surface area contributed by atoms with Crippen molar-refractivity contribution in [3.05, 3.63) is 0 Å². The predicted molar refractivity (Wildman–Crippen MR) is 30.0 cm³/mol. The highest BCUT2D eigenvalue weighted by Gasteiger charge is 2.34. The van der Waals surface area contributed by atoms with Crippen LogP contribution in [-0.2, 0) is 19.1 Å². The van der Waals surface area contributed by atoms with E-state index in [1.54, 1.807) is 0 Å². The summed E-state index contributed by atoms with van der Waals surface area (Å²) in [7, 11) is 0. The zero-order chi connectivity index (χ0) is 9.07. The lowest BCUT2D eigenvalue weighted by Gasteiger charge is -2.15. The van der Waals surface area contributed by atoms with Crippen molar-refractivity contribution in [2.75, 3.05) is 0 Å². The standard InChI is InChI=1S/C5H6O6/c1-3(7)5(9,10)11-4(8)2-6/h2,9-10H,1H3. The van der Waals surface area contributed by atoms with Crippen LogP contribution in [0.3, 0.4) is 0 Å². The molecule has 0 atom stereocenters. The monoisotopic (exact) mass is 162 g/mol. The topological polar surface area (TPSA) is 101 Å². The molecule has 0 aromatic carbocycles. The van der Waals surface area contributed by atoms with Gasteiger partial charge >= 0.3 is 11.9 Å². The van der Waals surface area contributed by atoms with Crippen LogP contribution in [0.2, 0.25) is 0 Å². The zero-order valence-corrected chi connectivity index (χ0v) is 5.60. The quantitative estimate of drug-likeness (QED) is 0.214. The number of aliphatic hydroxyl groups is 2. The fraction of sp³-hybridized carbons (Fsp3) is 0.400. The first-order valence-electron chi connectivity index (χ1n) is 2.54. The summed E-state index contributed by atoms with van der Waals surface area (Å²) < 4.78 is 3.60. The molecule has 62 valence electrons. The van der Waals surface area contributed by atoms with Gasteiger partial charge in [-0.05, 0) is 0 Å². The predicted octanol–water partition coefficient (Wildman–Crippen LogP) is -2.04. The minimum absolute atomic E-state index is 0.288. The summed E-state index contributed by atoms with van der Waals surface area (Å²) in [5, 5.41) is 17.0. The highest BCUT2D eigenvalue weighted by atomic mass is 16.8. The Morgan fingerprint density at radius 1 is 1.45 bits per heavy atom. The van der Waals surface area contributed by atoms with Gasteiger partial charge < -0.3 is 14.9 Å². The number of ether oxygens (including phenoxy) is 1. The molecule has 0 rings (SSSR count). The molecule has 0 aliphatic rings. The van der Waals surface area contributed by atoms with Crippen molar-refractivity contribution in [2.45, 2.75) is 12.9 Å². The van der Waals surface area contributed by atoms with Crippen molar-refractivity contribution in [2.24, 2.45) is 0 Å². The second-order valence-electron chi connectivity index (χ2n) is 1.70. The Bertz CT molecular complexity index is 193. The van der Waals surface area contributed by atoms with Gasteiger partial charge in [-0.25, -0.2) is 4.79 Å². The summed E-state index contributed by atoms with van der Waals surface area (Å²) in [6, 6.07) is 0. The van der Waals surface area contributed by atoms with Gasteiger partial charge in [0, 0.05) is 6.92 Å². The van der Waals surface area contributed by atoms with Crippen LogP contribution in [-0.4, -0.2) is 34.2 Å². The molecule has 0 aromatic heterocycles. The van der Waals surface area contributed by atoms with Gasteiger partial charge in [0.15, 0.2) is 0 Å². The summed E-state index contributed by atoms with van der Waals surface area (Å²) in [5.74, 6) is -5.91. The number of hydrogen-bond acceptors (Lipinski definition) is 6. The molecule has 2 N–H and O–H groups in total. The molecule has 0 aromatic rings. The number of esters is 1. The number of carbonyl (C=O) groups excluding carboxylic acids is 3. The number of hydrogen-bond donors (Lipinski definition) is 2. The molecule has 0 fully saturated rings. The largest absolute Gasteiger partial charge is 0.396 e. The molecular formula is C5H6O6. The first-order chi connectivity index (χ1) is 4.90. The second-order valence-corrected chi connectivity index (χ2v) is 1.70. The van der Waals surface area contributed by atoms with Crippen LogP contribution >= 0.6 is 0 Å².